The number of piperidine rings is 1. The van der Waals surface area contributed by atoms with Gasteiger partial charge in [0.15, 0.2) is 0 Å². The van der Waals surface area contributed by atoms with Crippen molar-refractivity contribution in [1.29, 1.82) is 0 Å². The quantitative estimate of drug-likeness (QED) is 0.194. The van der Waals surface area contributed by atoms with Gasteiger partial charge in [0, 0.05) is 30.3 Å². The van der Waals surface area contributed by atoms with Crippen LogP contribution in [0.25, 0.3) is 0 Å². The van der Waals surface area contributed by atoms with Crippen molar-refractivity contribution in [1.82, 2.24) is 10.2 Å². The van der Waals surface area contributed by atoms with Crippen LogP contribution in [0.5, 0.6) is 0 Å². The van der Waals surface area contributed by atoms with Gasteiger partial charge in [0.2, 0.25) is 0 Å². The molecule has 178 valence electrons. The lowest BCUT2D eigenvalue weighted by molar-refractivity contribution is 0.0538. The minimum absolute atomic E-state index is 0.0405. The van der Waals surface area contributed by atoms with Crippen molar-refractivity contribution in [2.75, 3.05) is 25.0 Å². The molecule has 1 aromatic rings. The number of carbonyl (C=O) groups is 2. The van der Waals surface area contributed by atoms with Gasteiger partial charge in [-0.15, -0.1) is 0 Å². The average Bonchev–Trinajstić information content (AvgIpc) is 2.85. The lowest BCUT2D eigenvalue weighted by atomic mass is 9.74. The molecular formula is C26H35N3O3S. The number of unbranched alkanes of at least 4 members (excludes halogenated alkanes) is 2. The third-order valence-corrected chi connectivity index (χ3v) is 6.72. The summed E-state index contributed by atoms with van der Waals surface area (Å²) in [7, 11) is 0. The minimum Gasteiger partial charge on any atom is -0.445 e. The molecule has 3 rings (SSSR count). The number of anilines is 1. The number of nitrogens with one attached hydrogen (secondary N) is 2. The summed E-state index contributed by atoms with van der Waals surface area (Å²) in [6.45, 7) is 11.2. The van der Waals surface area contributed by atoms with Gasteiger partial charge in [0.1, 0.15) is 6.61 Å². The van der Waals surface area contributed by atoms with E-state index in [4.69, 9.17) is 4.74 Å². The molecule has 0 radical (unpaired) electrons. The van der Waals surface area contributed by atoms with Crippen LogP contribution < -0.4 is 10.6 Å². The molecule has 33 heavy (non-hydrogen) atoms. The first-order valence-electron chi connectivity index (χ1n) is 11.7. The summed E-state index contributed by atoms with van der Waals surface area (Å²) in [5, 5.41) is 8.39. The normalized spacial score (nSPS) is 21.8. The smallest absolute Gasteiger partial charge is 0.410 e. The molecule has 0 aliphatic carbocycles. The first-order valence-corrected chi connectivity index (χ1v) is 12.3. The Kier molecular flexibility index (Phi) is 9.06. The van der Waals surface area contributed by atoms with E-state index in [-0.39, 0.29) is 36.6 Å². The predicted molar refractivity (Wildman–Crippen MR) is 137 cm³/mol. The average molecular weight is 470 g/mol. The number of ether oxygens (including phenoxy) is 1. The van der Waals surface area contributed by atoms with Crippen LogP contribution >= 0.6 is 12.6 Å². The highest BCUT2D eigenvalue weighted by molar-refractivity contribution is 7.83. The van der Waals surface area contributed by atoms with Gasteiger partial charge in [0.25, 0.3) is 5.91 Å². The molecule has 0 saturated carbocycles. The molecule has 1 saturated heterocycles. The molecule has 2 amide bonds. The molecule has 2 aliphatic rings. The highest BCUT2D eigenvalue weighted by Gasteiger charge is 2.45. The van der Waals surface area contributed by atoms with E-state index in [0.717, 1.165) is 48.9 Å². The fourth-order valence-electron chi connectivity index (χ4n) is 4.82. The minimum atomic E-state index is -0.361. The van der Waals surface area contributed by atoms with Crippen molar-refractivity contribution in [3.63, 3.8) is 0 Å². The Bertz CT molecular complexity index is 914. The summed E-state index contributed by atoms with van der Waals surface area (Å²) < 4.78 is 5.42. The topological polar surface area (TPSA) is 70.7 Å². The Morgan fingerprint density at radius 1 is 1.33 bits per heavy atom. The molecule has 1 aromatic carbocycles. The molecule has 7 heteroatoms. The molecular weight excluding hydrogens is 434 g/mol. The SMILES string of the molecule is C=CCOC(=O)N1CCCC2C(/C(C=C)=C/S)Nc3ccc(C(=O)NCCCCC)cc3C21. The van der Waals surface area contributed by atoms with E-state index in [1.54, 1.807) is 22.5 Å². The molecule has 2 N–H and O–H groups in total. The van der Waals surface area contributed by atoms with Crippen LogP contribution in [0.3, 0.4) is 0 Å². The molecule has 3 unspecified atom stereocenters. The maximum absolute atomic E-state index is 13.0. The van der Waals surface area contributed by atoms with Gasteiger partial charge in [-0.3, -0.25) is 4.79 Å². The number of amides is 2. The molecule has 0 bridgehead atoms. The molecule has 2 heterocycles. The second-order valence-corrected chi connectivity index (χ2v) is 8.79. The second kappa shape index (κ2) is 12.0. The zero-order chi connectivity index (χ0) is 23.8. The fourth-order valence-corrected chi connectivity index (χ4v) is 5.08. The van der Waals surface area contributed by atoms with E-state index in [2.05, 4.69) is 43.3 Å². The van der Waals surface area contributed by atoms with Crippen LogP contribution in [0.1, 0.15) is 61.0 Å². The Balaban J connectivity index is 1.97. The Morgan fingerprint density at radius 3 is 2.85 bits per heavy atom. The third-order valence-electron chi connectivity index (χ3n) is 6.42. The van der Waals surface area contributed by atoms with E-state index < -0.39 is 0 Å². The predicted octanol–water partition coefficient (Wildman–Crippen LogP) is 5.48. The van der Waals surface area contributed by atoms with Crippen molar-refractivity contribution >= 4 is 30.3 Å². The molecule has 0 spiro atoms. The van der Waals surface area contributed by atoms with Crippen molar-refractivity contribution < 1.29 is 14.3 Å². The number of hydrogen-bond donors (Lipinski definition) is 3. The first kappa shape index (κ1) is 25.0. The maximum Gasteiger partial charge on any atom is 0.410 e. The largest absolute Gasteiger partial charge is 0.445 e. The number of benzene rings is 1. The van der Waals surface area contributed by atoms with Crippen LogP contribution in [-0.2, 0) is 4.74 Å². The number of nitrogens with zero attached hydrogens (tertiary/aromatic N) is 1. The summed E-state index contributed by atoms with van der Waals surface area (Å²) in [5.74, 6) is 0.00741. The Morgan fingerprint density at radius 2 is 2.15 bits per heavy atom. The van der Waals surface area contributed by atoms with Crippen LogP contribution in [0.4, 0.5) is 10.5 Å². The lowest BCUT2D eigenvalue weighted by Crippen LogP contribution is -2.51. The number of likely N-dealkylation sites (tertiary alicyclic amines) is 1. The number of rotatable bonds is 9. The van der Waals surface area contributed by atoms with Crippen LogP contribution in [0.2, 0.25) is 0 Å². The van der Waals surface area contributed by atoms with E-state index in [1.165, 1.54) is 0 Å². The number of thiol groups is 1. The highest BCUT2D eigenvalue weighted by atomic mass is 32.1. The van der Waals surface area contributed by atoms with Gasteiger partial charge < -0.3 is 20.3 Å². The summed E-state index contributed by atoms with van der Waals surface area (Å²) in [5.41, 5.74) is 3.41. The van der Waals surface area contributed by atoms with E-state index in [9.17, 15) is 9.59 Å². The van der Waals surface area contributed by atoms with Gasteiger partial charge >= 0.3 is 6.09 Å². The number of carbonyl (C=O) groups excluding carboxylic acids is 2. The first-order chi connectivity index (χ1) is 16.0. The fraction of sp³-hybridized carbons (Fsp3) is 0.462. The monoisotopic (exact) mass is 469 g/mol. The summed E-state index contributed by atoms with van der Waals surface area (Å²) in [4.78, 5) is 27.6. The van der Waals surface area contributed by atoms with E-state index in [1.807, 2.05) is 18.2 Å². The maximum atomic E-state index is 13.0. The second-order valence-electron chi connectivity index (χ2n) is 8.53. The summed E-state index contributed by atoms with van der Waals surface area (Å²) >= 11 is 4.39. The van der Waals surface area contributed by atoms with Gasteiger partial charge in [-0.1, -0.05) is 45.1 Å². The van der Waals surface area contributed by atoms with Crippen molar-refractivity contribution in [3.05, 3.63) is 65.6 Å². The van der Waals surface area contributed by atoms with E-state index >= 15 is 0 Å². The van der Waals surface area contributed by atoms with Crippen molar-refractivity contribution in [2.24, 2.45) is 5.92 Å². The molecule has 6 nitrogen and oxygen atoms in total. The molecule has 3 atom stereocenters. The number of hydrogen-bond acceptors (Lipinski definition) is 5. The lowest BCUT2D eigenvalue weighted by Gasteiger charge is -2.48. The van der Waals surface area contributed by atoms with Crippen LogP contribution in [-0.4, -0.2) is 42.6 Å². The summed E-state index contributed by atoms with van der Waals surface area (Å²) in [6, 6.07) is 5.43. The van der Waals surface area contributed by atoms with Crippen molar-refractivity contribution in [3.8, 4) is 0 Å². The zero-order valence-corrected chi connectivity index (χ0v) is 20.3. The molecule has 2 aliphatic heterocycles. The Hall–Kier alpha value is -2.67. The molecule has 1 fully saturated rings. The zero-order valence-electron chi connectivity index (χ0n) is 19.4. The highest BCUT2D eigenvalue weighted by Crippen LogP contribution is 2.47. The van der Waals surface area contributed by atoms with Gasteiger partial charge in [0.05, 0.1) is 12.1 Å². The van der Waals surface area contributed by atoms with E-state index in [0.29, 0.717) is 18.7 Å². The molecule has 0 aromatic heterocycles. The van der Waals surface area contributed by atoms with Crippen molar-refractivity contribution in [2.45, 2.75) is 51.1 Å². The Labute approximate surface area is 202 Å². The van der Waals surface area contributed by atoms with Gasteiger partial charge in [-0.05, 0) is 54.0 Å². The van der Waals surface area contributed by atoms with Gasteiger partial charge in [-0.2, -0.15) is 12.6 Å². The number of fused-ring (bicyclic) bond motifs is 3. The standard InChI is InChI=1S/C26H35N3O3S/c1-4-7-8-13-27-25(30)19-11-12-22-21(16-19)24-20(23(28-22)18(6-3)17-33)10-9-14-29(24)26(31)32-15-5-2/h5-6,11-12,16-17,20,23-24,28,33H,2-4,7-10,13-15H2,1H3,(H,27,30)/b18-17+. The van der Waals surface area contributed by atoms with Crippen LogP contribution in [0, 0.1) is 5.92 Å². The van der Waals surface area contributed by atoms with Gasteiger partial charge in [-0.25, -0.2) is 4.79 Å². The third kappa shape index (κ3) is 5.64. The summed E-state index contributed by atoms with van der Waals surface area (Å²) in [6.07, 6.45) is 7.97. The van der Waals surface area contributed by atoms with Crippen LogP contribution in [0.15, 0.2) is 54.5 Å².